The van der Waals surface area contributed by atoms with Crippen molar-refractivity contribution in [2.24, 2.45) is 0 Å². The smallest absolute Gasteiger partial charge is 0.410 e. The maximum absolute atomic E-state index is 13.0. The summed E-state index contributed by atoms with van der Waals surface area (Å²) in [6.07, 6.45) is 4.36. The lowest BCUT2D eigenvalue weighted by Gasteiger charge is -2.34. The Hall–Kier alpha value is -3.07. The molecule has 3 aromatic rings. The van der Waals surface area contributed by atoms with Crippen LogP contribution in [0.5, 0.6) is 5.75 Å². The molecule has 1 saturated heterocycles. The Kier molecular flexibility index (Phi) is 6.18. The summed E-state index contributed by atoms with van der Waals surface area (Å²) in [6, 6.07) is 10.6. The molecule has 1 unspecified atom stereocenters. The number of thioether (sulfide) groups is 1. The summed E-state index contributed by atoms with van der Waals surface area (Å²) in [6.45, 7) is 4.38. The Bertz CT molecular complexity index is 958. The molecule has 1 fully saturated rings. The van der Waals surface area contributed by atoms with E-state index in [-0.39, 0.29) is 17.2 Å². The first-order valence-corrected chi connectivity index (χ1v) is 10.6. The summed E-state index contributed by atoms with van der Waals surface area (Å²) in [4.78, 5) is 27.6. The lowest BCUT2D eigenvalue weighted by atomic mass is 10.1. The van der Waals surface area contributed by atoms with Gasteiger partial charge in [0.1, 0.15) is 17.4 Å². The van der Waals surface area contributed by atoms with E-state index in [1.165, 1.54) is 12.3 Å². The van der Waals surface area contributed by atoms with Gasteiger partial charge in [-0.15, -0.1) is 0 Å². The second-order valence-electron chi connectivity index (χ2n) is 6.90. The van der Waals surface area contributed by atoms with Gasteiger partial charge >= 0.3 is 6.09 Å². The van der Waals surface area contributed by atoms with Crippen molar-refractivity contribution in [3.63, 3.8) is 0 Å². The molecule has 1 aliphatic heterocycles. The van der Waals surface area contributed by atoms with Crippen molar-refractivity contribution in [3.05, 3.63) is 66.4 Å². The Morgan fingerprint density at radius 2 is 1.90 bits per heavy atom. The Balaban J connectivity index is 1.28. The molecular formula is C21H22FN5O2S. The average molecular weight is 428 g/mol. The Morgan fingerprint density at radius 3 is 2.53 bits per heavy atom. The Labute approximate surface area is 178 Å². The van der Waals surface area contributed by atoms with Crippen LogP contribution in [0, 0.1) is 5.82 Å². The van der Waals surface area contributed by atoms with Crippen LogP contribution in [-0.2, 0) is 0 Å². The topological polar surface area (TPSA) is 74.3 Å². The van der Waals surface area contributed by atoms with E-state index in [0.717, 1.165) is 10.7 Å². The van der Waals surface area contributed by atoms with Crippen LogP contribution in [0.3, 0.4) is 0 Å². The average Bonchev–Trinajstić information content (AvgIpc) is 3.28. The first-order valence-electron chi connectivity index (χ1n) is 9.68. The van der Waals surface area contributed by atoms with Crippen LogP contribution in [0.25, 0.3) is 0 Å². The molecule has 2 aromatic heterocycles. The number of H-pyrrole nitrogens is 1. The third kappa shape index (κ3) is 4.91. The van der Waals surface area contributed by atoms with Gasteiger partial charge in [-0.2, -0.15) is 0 Å². The van der Waals surface area contributed by atoms with Crippen LogP contribution in [-0.4, -0.2) is 52.1 Å². The van der Waals surface area contributed by atoms with Crippen LogP contribution < -0.4 is 9.64 Å². The van der Waals surface area contributed by atoms with E-state index < -0.39 is 0 Å². The summed E-state index contributed by atoms with van der Waals surface area (Å²) in [7, 11) is 0. The number of carbonyl (C=O) groups is 1. The van der Waals surface area contributed by atoms with Crippen LogP contribution in [0.15, 0.2) is 60.1 Å². The number of anilines is 1. The molecule has 7 nitrogen and oxygen atoms in total. The van der Waals surface area contributed by atoms with Crippen molar-refractivity contribution >= 4 is 23.7 Å². The number of halogens is 1. The zero-order valence-electron chi connectivity index (χ0n) is 16.5. The monoisotopic (exact) mass is 427 g/mol. The highest BCUT2D eigenvalue weighted by atomic mass is 32.2. The van der Waals surface area contributed by atoms with E-state index in [2.05, 4.69) is 21.9 Å². The molecule has 1 N–H and O–H groups in total. The number of imidazole rings is 1. The molecule has 0 spiro atoms. The fourth-order valence-corrected chi connectivity index (χ4v) is 4.08. The zero-order valence-corrected chi connectivity index (χ0v) is 17.3. The molecule has 156 valence electrons. The molecule has 1 aliphatic rings. The summed E-state index contributed by atoms with van der Waals surface area (Å²) >= 11 is 1.63. The molecule has 0 aliphatic carbocycles. The molecule has 9 heteroatoms. The van der Waals surface area contributed by atoms with Gasteiger partial charge in [0.15, 0.2) is 5.16 Å². The van der Waals surface area contributed by atoms with Crippen molar-refractivity contribution in [2.45, 2.75) is 17.3 Å². The molecule has 4 rings (SSSR count). The number of nitrogens with one attached hydrogen (secondary N) is 1. The first-order chi connectivity index (χ1) is 14.6. The van der Waals surface area contributed by atoms with Crippen LogP contribution >= 0.6 is 11.8 Å². The van der Waals surface area contributed by atoms with Crippen molar-refractivity contribution in [3.8, 4) is 5.75 Å². The molecule has 30 heavy (non-hydrogen) atoms. The van der Waals surface area contributed by atoms with Crippen LogP contribution in [0.1, 0.15) is 17.7 Å². The minimum absolute atomic E-state index is 0.217. The predicted octanol–water partition coefficient (Wildman–Crippen LogP) is 4.12. The van der Waals surface area contributed by atoms with E-state index in [9.17, 15) is 9.18 Å². The maximum atomic E-state index is 13.0. The highest BCUT2D eigenvalue weighted by molar-refractivity contribution is 7.99. The molecule has 1 atom stereocenters. The Morgan fingerprint density at radius 1 is 1.13 bits per heavy atom. The number of hydrogen-bond donors (Lipinski definition) is 1. The van der Waals surface area contributed by atoms with E-state index in [4.69, 9.17) is 4.74 Å². The lowest BCUT2D eigenvalue weighted by molar-refractivity contribution is 0.149. The molecule has 1 aromatic carbocycles. The zero-order chi connectivity index (χ0) is 20.9. The summed E-state index contributed by atoms with van der Waals surface area (Å²) < 4.78 is 18.6. The number of aromatic nitrogens is 3. The highest BCUT2D eigenvalue weighted by Gasteiger charge is 2.23. The minimum atomic E-state index is -0.368. The maximum Gasteiger partial charge on any atom is 0.415 e. The number of benzene rings is 1. The molecule has 1 amide bonds. The minimum Gasteiger partial charge on any atom is -0.410 e. The fourth-order valence-electron chi connectivity index (χ4n) is 3.20. The van der Waals surface area contributed by atoms with E-state index in [0.29, 0.717) is 37.7 Å². The van der Waals surface area contributed by atoms with Crippen molar-refractivity contribution in [1.29, 1.82) is 0 Å². The third-order valence-corrected chi connectivity index (χ3v) is 5.96. The second kappa shape index (κ2) is 9.17. The number of rotatable bonds is 5. The first kappa shape index (κ1) is 20.2. The summed E-state index contributed by atoms with van der Waals surface area (Å²) in [5.74, 6) is 0.865. The fraction of sp³-hybridized carbons (Fsp3) is 0.286. The van der Waals surface area contributed by atoms with Gasteiger partial charge < -0.3 is 19.5 Å². The van der Waals surface area contributed by atoms with Gasteiger partial charge in [0, 0.05) is 43.8 Å². The lowest BCUT2D eigenvalue weighted by Crippen LogP contribution is -2.49. The number of amides is 1. The van der Waals surface area contributed by atoms with E-state index >= 15 is 0 Å². The van der Waals surface area contributed by atoms with Gasteiger partial charge in [-0.25, -0.2) is 19.2 Å². The van der Waals surface area contributed by atoms with E-state index in [1.807, 2.05) is 29.2 Å². The molecule has 0 bridgehead atoms. The number of piperazine rings is 1. The van der Waals surface area contributed by atoms with Crippen LogP contribution in [0.2, 0.25) is 0 Å². The predicted molar refractivity (Wildman–Crippen MR) is 113 cm³/mol. The largest absolute Gasteiger partial charge is 0.415 e. The number of pyridine rings is 1. The highest BCUT2D eigenvalue weighted by Crippen LogP contribution is 2.33. The number of hydrogen-bond acceptors (Lipinski definition) is 6. The van der Waals surface area contributed by atoms with Gasteiger partial charge in [-0.05, 0) is 36.8 Å². The molecular weight excluding hydrogens is 405 g/mol. The number of ether oxygens (including phenoxy) is 1. The van der Waals surface area contributed by atoms with Crippen molar-refractivity contribution in [1.82, 2.24) is 19.9 Å². The van der Waals surface area contributed by atoms with E-state index in [1.54, 1.807) is 35.1 Å². The van der Waals surface area contributed by atoms with Crippen molar-refractivity contribution in [2.75, 3.05) is 31.1 Å². The molecule has 0 radical (unpaired) electrons. The standard InChI is InChI=1S/C21H22FN5O2S/c1-15(30-20-23-8-9-24-20)16-2-5-18(6-3-16)29-21(28)27-12-10-26(11-13-27)19-7-4-17(22)14-25-19/h2-9,14-15H,10-13H2,1H3,(H,23,24). The quantitative estimate of drug-likeness (QED) is 0.618. The van der Waals surface area contributed by atoms with Gasteiger partial charge in [-0.1, -0.05) is 23.9 Å². The number of aromatic amines is 1. The van der Waals surface area contributed by atoms with Gasteiger partial charge in [0.2, 0.25) is 0 Å². The SMILES string of the molecule is CC(Sc1ncc[nH]1)c1ccc(OC(=O)N2CCN(c3ccc(F)cn3)CC2)cc1. The molecule has 3 heterocycles. The summed E-state index contributed by atoms with van der Waals surface area (Å²) in [5.41, 5.74) is 1.12. The molecule has 0 saturated carbocycles. The number of carbonyl (C=O) groups excluding carboxylic acids is 1. The van der Waals surface area contributed by atoms with Crippen LogP contribution in [0.4, 0.5) is 15.0 Å². The second-order valence-corrected chi connectivity index (χ2v) is 8.23. The van der Waals surface area contributed by atoms with Gasteiger partial charge in [-0.3, -0.25) is 0 Å². The van der Waals surface area contributed by atoms with Crippen molar-refractivity contribution < 1.29 is 13.9 Å². The normalized spacial score (nSPS) is 15.1. The van der Waals surface area contributed by atoms with Gasteiger partial charge in [0.25, 0.3) is 0 Å². The van der Waals surface area contributed by atoms with Gasteiger partial charge in [0.05, 0.1) is 6.20 Å². The third-order valence-electron chi connectivity index (χ3n) is 4.89. The number of nitrogens with zero attached hydrogens (tertiary/aromatic N) is 4. The summed E-state index contributed by atoms with van der Waals surface area (Å²) in [5, 5.41) is 1.09.